The van der Waals surface area contributed by atoms with Gasteiger partial charge in [-0.2, -0.15) is 0 Å². The van der Waals surface area contributed by atoms with E-state index in [0.29, 0.717) is 11.0 Å². The molecular weight excluding hydrogens is 228 g/mol. The van der Waals surface area contributed by atoms with Crippen molar-refractivity contribution >= 4 is 22.4 Å². The number of aliphatic carboxylic acids is 1. The van der Waals surface area contributed by atoms with Crippen LogP contribution < -0.4 is 5.32 Å². The zero-order valence-corrected chi connectivity index (χ0v) is 10.3. The van der Waals surface area contributed by atoms with E-state index in [1.807, 2.05) is 0 Å². The second-order valence-corrected chi connectivity index (χ2v) is 5.22. The molecule has 90 valence electrons. The van der Waals surface area contributed by atoms with Gasteiger partial charge in [0.05, 0.1) is 6.54 Å². The van der Waals surface area contributed by atoms with E-state index in [2.05, 4.69) is 24.1 Å². The molecule has 0 bridgehead atoms. The highest BCUT2D eigenvalue weighted by Gasteiger charge is 2.29. The summed E-state index contributed by atoms with van der Waals surface area (Å²) in [5.74, 6) is -0.853. The predicted octanol–water partition coefficient (Wildman–Crippen LogP) is 1.51. The molecule has 0 aliphatic rings. The molecule has 0 spiro atoms. The number of nitrogens with zero attached hydrogens (tertiary/aromatic N) is 1. The molecule has 0 fully saturated rings. The molecule has 6 heteroatoms. The van der Waals surface area contributed by atoms with E-state index in [4.69, 9.17) is 5.11 Å². The summed E-state index contributed by atoms with van der Waals surface area (Å²) in [6, 6.07) is 0. The molecule has 1 rings (SSSR count). The van der Waals surface area contributed by atoms with Crippen molar-refractivity contribution in [3.05, 3.63) is 11.1 Å². The number of aromatic nitrogens is 1. The van der Waals surface area contributed by atoms with Gasteiger partial charge in [-0.15, -0.1) is 11.3 Å². The normalized spacial score (nSPS) is 14.8. The summed E-state index contributed by atoms with van der Waals surface area (Å²) >= 11 is 1.47. The van der Waals surface area contributed by atoms with Gasteiger partial charge in [0.2, 0.25) is 0 Å². The number of hydrogen-bond acceptors (Lipinski definition) is 5. The van der Waals surface area contributed by atoms with Crippen LogP contribution in [0, 0.1) is 0 Å². The Morgan fingerprint density at radius 1 is 1.69 bits per heavy atom. The summed E-state index contributed by atoms with van der Waals surface area (Å²) in [4.78, 5) is 15.9. The number of carbonyl (C=O) groups is 1. The van der Waals surface area contributed by atoms with Crippen LogP contribution in [0.2, 0.25) is 0 Å². The molecule has 0 aliphatic heterocycles. The molecular formula is C10H16N2O3S. The quantitative estimate of drug-likeness (QED) is 0.731. The monoisotopic (exact) mass is 244 g/mol. The first kappa shape index (κ1) is 12.9. The van der Waals surface area contributed by atoms with Gasteiger partial charge in [-0.3, -0.25) is 0 Å². The summed E-state index contributed by atoms with van der Waals surface area (Å²) < 4.78 is 0. The number of hydrogen-bond donors (Lipinski definition) is 3. The molecule has 0 amide bonds. The minimum atomic E-state index is -1.77. The lowest BCUT2D eigenvalue weighted by atomic mass is 10.1. The first-order valence-corrected chi connectivity index (χ1v) is 5.80. The minimum Gasteiger partial charge on any atom is -0.479 e. The van der Waals surface area contributed by atoms with Crippen LogP contribution >= 0.6 is 11.3 Å². The molecule has 1 unspecified atom stereocenters. The van der Waals surface area contributed by atoms with Crippen molar-refractivity contribution in [2.45, 2.75) is 32.3 Å². The van der Waals surface area contributed by atoms with Crippen molar-refractivity contribution in [1.82, 2.24) is 4.98 Å². The fourth-order valence-corrected chi connectivity index (χ4v) is 1.77. The van der Waals surface area contributed by atoms with E-state index in [1.165, 1.54) is 18.3 Å². The van der Waals surface area contributed by atoms with E-state index in [9.17, 15) is 9.90 Å². The van der Waals surface area contributed by atoms with Gasteiger partial charge >= 0.3 is 5.97 Å². The van der Waals surface area contributed by atoms with Crippen LogP contribution in [-0.2, 0) is 4.79 Å². The van der Waals surface area contributed by atoms with E-state index >= 15 is 0 Å². The van der Waals surface area contributed by atoms with Crippen LogP contribution in [0.1, 0.15) is 31.6 Å². The van der Waals surface area contributed by atoms with Crippen molar-refractivity contribution in [3.63, 3.8) is 0 Å². The molecule has 0 saturated heterocycles. The summed E-state index contributed by atoms with van der Waals surface area (Å²) in [6.45, 7) is 5.31. The van der Waals surface area contributed by atoms with E-state index in [-0.39, 0.29) is 6.54 Å². The Kier molecular flexibility index (Phi) is 3.88. The third-order valence-electron chi connectivity index (χ3n) is 2.14. The first-order chi connectivity index (χ1) is 7.33. The van der Waals surface area contributed by atoms with Gasteiger partial charge in [0.25, 0.3) is 0 Å². The Morgan fingerprint density at radius 2 is 2.31 bits per heavy atom. The summed E-state index contributed by atoms with van der Waals surface area (Å²) in [5.41, 5.74) is -1.77. The van der Waals surface area contributed by atoms with E-state index < -0.39 is 11.6 Å². The lowest BCUT2D eigenvalue weighted by Crippen LogP contribution is -2.41. The summed E-state index contributed by atoms with van der Waals surface area (Å²) in [7, 11) is 0. The average Bonchev–Trinajstić information content (AvgIpc) is 2.63. The van der Waals surface area contributed by atoms with Gasteiger partial charge < -0.3 is 15.5 Å². The highest BCUT2D eigenvalue weighted by atomic mass is 32.1. The second kappa shape index (κ2) is 4.80. The first-order valence-electron chi connectivity index (χ1n) is 4.98. The molecule has 1 aromatic rings. The van der Waals surface area contributed by atoms with Gasteiger partial charge in [0, 0.05) is 11.1 Å². The third kappa shape index (κ3) is 3.18. The van der Waals surface area contributed by atoms with Crippen molar-refractivity contribution in [2.75, 3.05) is 11.9 Å². The predicted molar refractivity (Wildman–Crippen MR) is 63.0 cm³/mol. The molecule has 0 radical (unpaired) electrons. The van der Waals surface area contributed by atoms with E-state index in [0.717, 1.165) is 4.88 Å². The highest BCUT2D eigenvalue weighted by molar-refractivity contribution is 7.15. The minimum absolute atomic E-state index is 0.0621. The van der Waals surface area contributed by atoms with Crippen LogP contribution in [0.15, 0.2) is 6.20 Å². The van der Waals surface area contributed by atoms with Gasteiger partial charge in [-0.25, -0.2) is 9.78 Å². The van der Waals surface area contributed by atoms with Gasteiger partial charge in [0.1, 0.15) is 0 Å². The summed E-state index contributed by atoms with van der Waals surface area (Å²) in [5, 5.41) is 21.6. The second-order valence-electron chi connectivity index (χ2n) is 4.16. The molecule has 1 heterocycles. The zero-order chi connectivity index (χ0) is 12.3. The van der Waals surface area contributed by atoms with Gasteiger partial charge in [-0.05, 0) is 12.8 Å². The SMILES string of the molecule is CC(C)c1cnc(NCC(C)(O)C(=O)O)s1. The standard InChI is InChI=1S/C10H16N2O3S/c1-6(2)7-4-11-9(16-7)12-5-10(3,15)8(13)14/h4,6,15H,5H2,1-3H3,(H,11,12)(H,13,14). The number of carboxylic acid groups (broad SMARTS) is 1. The maximum atomic E-state index is 10.6. The Morgan fingerprint density at radius 3 is 2.75 bits per heavy atom. The largest absolute Gasteiger partial charge is 0.479 e. The van der Waals surface area contributed by atoms with Crippen LogP contribution in [0.25, 0.3) is 0 Å². The Balaban J connectivity index is 2.58. The van der Waals surface area contributed by atoms with Crippen molar-refractivity contribution in [3.8, 4) is 0 Å². The van der Waals surface area contributed by atoms with Crippen LogP contribution in [0.3, 0.4) is 0 Å². The van der Waals surface area contributed by atoms with Crippen LogP contribution in [0.5, 0.6) is 0 Å². The Labute approximate surface area is 98.1 Å². The van der Waals surface area contributed by atoms with Crippen LogP contribution in [-0.4, -0.2) is 33.3 Å². The number of carboxylic acids is 1. The van der Waals surface area contributed by atoms with Crippen molar-refractivity contribution in [1.29, 1.82) is 0 Å². The smallest absolute Gasteiger partial charge is 0.337 e. The molecule has 1 aromatic heterocycles. The Bertz CT molecular complexity index is 374. The van der Waals surface area contributed by atoms with Gasteiger partial charge in [0.15, 0.2) is 10.7 Å². The highest BCUT2D eigenvalue weighted by Crippen LogP contribution is 2.25. The molecule has 0 aromatic carbocycles. The molecule has 3 N–H and O–H groups in total. The fourth-order valence-electron chi connectivity index (χ4n) is 0.959. The fraction of sp³-hybridized carbons (Fsp3) is 0.600. The molecule has 16 heavy (non-hydrogen) atoms. The average molecular weight is 244 g/mol. The van der Waals surface area contributed by atoms with Crippen molar-refractivity contribution in [2.24, 2.45) is 0 Å². The third-order valence-corrected chi connectivity index (χ3v) is 3.39. The van der Waals surface area contributed by atoms with Crippen molar-refractivity contribution < 1.29 is 15.0 Å². The lowest BCUT2D eigenvalue weighted by Gasteiger charge is -2.17. The maximum Gasteiger partial charge on any atom is 0.337 e. The number of anilines is 1. The van der Waals surface area contributed by atoms with Gasteiger partial charge in [-0.1, -0.05) is 13.8 Å². The van der Waals surface area contributed by atoms with Crippen LogP contribution in [0.4, 0.5) is 5.13 Å². The number of rotatable bonds is 5. The number of nitrogens with one attached hydrogen (secondary N) is 1. The molecule has 5 nitrogen and oxygen atoms in total. The lowest BCUT2D eigenvalue weighted by molar-refractivity contribution is -0.155. The van der Waals surface area contributed by atoms with E-state index in [1.54, 1.807) is 6.20 Å². The summed E-state index contributed by atoms with van der Waals surface area (Å²) in [6.07, 6.45) is 1.76. The Hall–Kier alpha value is -1.14. The maximum absolute atomic E-state index is 10.6. The number of aliphatic hydroxyl groups is 1. The molecule has 1 atom stereocenters. The topological polar surface area (TPSA) is 82.5 Å². The number of thiazole rings is 1. The zero-order valence-electron chi connectivity index (χ0n) is 9.52. The molecule has 0 aliphatic carbocycles. The molecule has 0 saturated carbocycles.